The molecule has 278 valence electrons. The highest BCUT2D eigenvalue weighted by Gasteiger charge is 2.30. The first-order chi connectivity index (χ1) is 23.6. The molecule has 20 heteroatoms. The number of rotatable bonds is 12. The molecule has 4 atom stereocenters. The fourth-order valence-electron chi connectivity index (χ4n) is 4.99. The summed E-state index contributed by atoms with van der Waals surface area (Å²) in [4.78, 5) is 65.0. The number of hydrogen-bond donors (Lipinski definition) is 9. The Morgan fingerprint density at radius 1 is 0.740 bits per heavy atom. The summed E-state index contributed by atoms with van der Waals surface area (Å²) < 4.78 is 10.9. The number of carbonyl (C=O) groups is 5. The number of piperidine rings is 2. The predicted molar refractivity (Wildman–Crippen MR) is 171 cm³/mol. The van der Waals surface area contributed by atoms with Gasteiger partial charge in [-0.1, -0.05) is 6.42 Å². The third-order valence-corrected chi connectivity index (χ3v) is 7.71. The van der Waals surface area contributed by atoms with Gasteiger partial charge in [-0.15, -0.1) is 0 Å². The average molecular weight is 714 g/mol. The molecule has 1 aromatic carbocycles. The second kappa shape index (κ2) is 19.9. The molecule has 9 N–H and O–H groups in total. The van der Waals surface area contributed by atoms with E-state index in [-0.39, 0.29) is 11.9 Å². The van der Waals surface area contributed by atoms with Gasteiger partial charge in [-0.3, -0.25) is 9.69 Å². The van der Waals surface area contributed by atoms with E-state index in [1.807, 2.05) is 12.1 Å². The van der Waals surface area contributed by atoms with Gasteiger partial charge in [0, 0.05) is 30.6 Å². The number of methoxy groups -OCH3 is 2. The van der Waals surface area contributed by atoms with Crippen LogP contribution in [0.15, 0.2) is 18.5 Å². The molecule has 2 fully saturated rings. The average Bonchev–Trinajstić information content (AvgIpc) is 3.10. The highest BCUT2D eigenvalue weighted by molar-refractivity contribution is 5.92. The number of fused-ring (bicyclic) bond motifs is 1. The number of hydrogen-bond acceptors (Lipinski definition) is 15. The minimum absolute atomic E-state index is 0.152. The molecule has 0 aliphatic carbocycles. The van der Waals surface area contributed by atoms with Crippen molar-refractivity contribution in [3.63, 3.8) is 0 Å². The quantitative estimate of drug-likeness (QED) is 0.115. The van der Waals surface area contributed by atoms with Crippen LogP contribution in [-0.2, 0) is 24.0 Å². The maximum Gasteiger partial charge on any atom is 0.335 e. The topological polar surface area (TPSA) is 310 Å². The first kappa shape index (κ1) is 41.3. The van der Waals surface area contributed by atoms with Crippen LogP contribution < -0.4 is 19.7 Å². The second-order valence-electron chi connectivity index (χ2n) is 11.2. The summed E-state index contributed by atoms with van der Waals surface area (Å²) in [6, 6.07) is 4.05. The van der Waals surface area contributed by atoms with Crippen LogP contribution in [0, 0.1) is 0 Å². The third-order valence-electron chi connectivity index (χ3n) is 7.71. The number of aromatic nitrogens is 2. The number of ether oxygens (including phenoxy) is 2. The van der Waals surface area contributed by atoms with Crippen LogP contribution in [-0.4, -0.2) is 163 Å². The molecule has 50 heavy (non-hydrogen) atoms. The summed E-state index contributed by atoms with van der Waals surface area (Å²) in [5.74, 6) is -4.70. The highest BCUT2D eigenvalue weighted by Crippen LogP contribution is 2.35. The number of nitrogens with zero attached hydrogens (tertiary/aromatic N) is 4. The van der Waals surface area contributed by atoms with Crippen LogP contribution in [0.1, 0.15) is 32.1 Å². The maximum atomic E-state index is 12.4. The number of amides is 1. The van der Waals surface area contributed by atoms with Crippen molar-refractivity contribution in [3.8, 4) is 11.5 Å². The van der Waals surface area contributed by atoms with Crippen molar-refractivity contribution in [3.05, 3.63) is 18.5 Å². The molecule has 0 radical (unpaired) electrons. The number of aliphatic hydroxyl groups excluding tert-OH is 4. The molecule has 3 heterocycles. The van der Waals surface area contributed by atoms with Crippen LogP contribution in [0.5, 0.6) is 11.5 Å². The number of benzene rings is 1. The largest absolute Gasteiger partial charge is 0.493 e. The zero-order valence-electron chi connectivity index (χ0n) is 27.4. The van der Waals surface area contributed by atoms with E-state index in [9.17, 15) is 24.0 Å². The standard InChI is InChI=1S/C22H31N5O3.2C4H6O6/c1-29-19-12-17-18(13-20(19)30-2)23-15-24-22(17)27-10-6-16(7-11-27)25-21(28)14-26-8-4-3-5-9-26;2*5-1(3(7)8)2(6)4(9)10/h12-13,15-16H,3-11,14H2,1-2H3,(H,25,28);2*1-2,5-6H,(H,7,8)(H,9,10). The number of aliphatic hydroxyl groups is 4. The minimum Gasteiger partial charge on any atom is -0.493 e. The van der Waals surface area contributed by atoms with Crippen molar-refractivity contribution in [2.75, 3.05) is 51.8 Å². The molecule has 2 aliphatic heterocycles. The highest BCUT2D eigenvalue weighted by atomic mass is 16.5. The van der Waals surface area contributed by atoms with E-state index >= 15 is 0 Å². The number of carboxylic acid groups (broad SMARTS) is 4. The van der Waals surface area contributed by atoms with Crippen LogP contribution in [0.4, 0.5) is 5.82 Å². The van der Waals surface area contributed by atoms with Gasteiger partial charge in [0.05, 0.1) is 26.3 Å². The van der Waals surface area contributed by atoms with Gasteiger partial charge in [0.25, 0.3) is 0 Å². The van der Waals surface area contributed by atoms with Crippen molar-refractivity contribution in [2.45, 2.75) is 62.6 Å². The zero-order chi connectivity index (χ0) is 37.5. The molecule has 20 nitrogen and oxygen atoms in total. The Morgan fingerprint density at radius 2 is 1.20 bits per heavy atom. The lowest BCUT2D eigenvalue weighted by molar-refractivity contribution is -0.165. The smallest absolute Gasteiger partial charge is 0.335 e. The molecule has 0 spiro atoms. The molecule has 4 unspecified atom stereocenters. The van der Waals surface area contributed by atoms with Gasteiger partial charge in [0.2, 0.25) is 5.91 Å². The summed E-state index contributed by atoms with van der Waals surface area (Å²) in [6.45, 7) is 4.30. The molecule has 0 bridgehead atoms. The summed E-state index contributed by atoms with van der Waals surface area (Å²) in [5, 5.41) is 69.2. The van der Waals surface area contributed by atoms with Gasteiger partial charge < -0.3 is 60.5 Å². The minimum atomic E-state index is -2.27. The number of carboxylic acids is 4. The molecule has 0 saturated carbocycles. The van der Waals surface area contributed by atoms with Crippen molar-refractivity contribution >= 4 is 46.5 Å². The van der Waals surface area contributed by atoms with Crippen molar-refractivity contribution in [1.29, 1.82) is 0 Å². The lowest BCUT2D eigenvalue weighted by Gasteiger charge is -2.34. The summed E-state index contributed by atoms with van der Waals surface area (Å²) in [6.07, 6.45) is -1.97. The molecular weight excluding hydrogens is 670 g/mol. The van der Waals surface area contributed by atoms with Gasteiger partial charge in [0.1, 0.15) is 12.1 Å². The van der Waals surface area contributed by atoms with Crippen molar-refractivity contribution < 1.29 is 74.3 Å². The molecule has 1 aromatic heterocycles. The van der Waals surface area contributed by atoms with E-state index in [0.29, 0.717) is 18.0 Å². The van der Waals surface area contributed by atoms with Crippen molar-refractivity contribution in [1.82, 2.24) is 20.2 Å². The van der Waals surface area contributed by atoms with E-state index in [0.717, 1.165) is 55.7 Å². The predicted octanol–water partition coefficient (Wildman–Crippen LogP) is -2.03. The Morgan fingerprint density at radius 3 is 1.64 bits per heavy atom. The lowest BCUT2D eigenvalue weighted by atomic mass is 10.0. The normalized spacial score (nSPS) is 17.4. The van der Waals surface area contributed by atoms with Crippen LogP contribution in [0.2, 0.25) is 0 Å². The Bertz CT molecular complexity index is 1390. The van der Waals surface area contributed by atoms with E-state index < -0.39 is 48.3 Å². The van der Waals surface area contributed by atoms with Gasteiger partial charge in [0.15, 0.2) is 35.9 Å². The second-order valence-corrected chi connectivity index (χ2v) is 11.2. The zero-order valence-corrected chi connectivity index (χ0v) is 27.4. The fourth-order valence-corrected chi connectivity index (χ4v) is 4.99. The van der Waals surface area contributed by atoms with E-state index in [2.05, 4.69) is 25.1 Å². The maximum absolute atomic E-state index is 12.4. The molecule has 2 aromatic rings. The number of aliphatic carboxylic acids is 4. The van der Waals surface area contributed by atoms with Gasteiger partial charge >= 0.3 is 23.9 Å². The third kappa shape index (κ3) is 12.2. The lowest BCUT2D eigenvalue weighted by Crippen LogP contribution is -2.48. The van der Waals surface area contributed by atoms with Crippen LogP contribution in [0.3, 0.4) is 0 Å². The van der Waals surface area contributed by atoms with E-state index in [4.69, 9.17) is 50.3 Å². The molecule has 1 amide bonds. The number of likely N-dealkylation sites (tertiary alicyclic amines) is 1. The van der Waals surface area contributed by atoms with Crippen molar-refractivity contribution in [2.24, 2.45) is 0 Å². The van der Waals surface area contributed by atoms with Gasteiger partial charge in [-0.25, -0.2) is 29.1 Å². The fraction of sp³-hybridized carbons (Fsp3) is 0.567. The first-order valence-corrected chi connectivity index (χ1v) is 15.4. The molecule has 4 rings (SSSR count). The number of carbonyl (C=O) groups excluding carboxylic acids is 1. The van der Waals surface area contributed by atoms with E-state index in [1.54, 1.807) is 20.5 Å². The number of nitrogens with one attached hydrogen (secondary N) is 1. The monoisotopic (exact) mass is 713 g/mol. The Labute approximate surface area is 285 Å². The van der Waals surface area contributed by atoms with Crippen LogP contribution >= 0.6 is 0 Å². The summed E-state index contributed by atoms with van der Waals surface area (Å²) >= 11 is 0. The first-order valence-electron chi connectivity index (χ1n) is 15.4. The Kier molecular flexibility index (Phi) is 16.5. The van der Waals surface area contributed by atoms with E-state index in [1.165, 1.54) is 19.3 Å². The molecule has 2 saturated heterocycles. The van der Waals surface area contributed by atoms with Crippen LogP contribution in [0.25, 0.3) is 10.9 Å². The molecular formula is C30H43N5O15. The Balaban J connectivity index is 0.000000357. The van der Waals surface area contributed by atoms with Gasteiger partial charge in [-0.05, 0) is 44.8 Å². The summed E-state index contributed by atoms with van der Waals surface area (Å²) in [5.41, 5.74) is 0.828. The molecule has 2 aliphatic rings. The SMILES string of the molecule is COc1cc2ncnc(N3CCC(NC(=O)CN4CCCCC4)CC3)c2cc1OC.O=C(O)C(O)C(O)C(=O)O.O=C(O)C(O)C(O)C(=O)O. The van der Waals surface area contributed by atoms with Gasteiger partial charge in [-0.2, -0.15) is 0 Å². The number of anilines is 1. The Hall–Kier alpha value is -4.89. The summed E-state index contributed by atoms with van der Waals surface area (Å²) in [7, 11) is 3.25.